The molecule has 1 atom stereocenters. The fraction of sp³-hybridized carbons (Fsp3) is 0.143. The predicted molar refractivity (Wildman–Crippen MR) is 66.7 cm³/mol. The van der Waals surface area contributed by atoms with Crippen LogP contribution in [-0.2, 0) is 0 Å². The first-order valence-corrected chi connectivity index (χ1v) is 5.69. The lowest BCUT2D eigenvalue weighted by Crippen LogP contribution is -2.29. The number of rotatable bonds is 3. The summed E-state index contributed by atoms with van der Waals surface area (Å²) < 4.78 is 39.9. The molecule has 2 aromatic rings. The second-order valence-electron chi connectivity index (χ2n) is 4.31. The molecule has 0 spiro atoms. The van der Waals surface area contributed by atoms with Crippen LogP contribution in [-0.4, -0.2) is 0 Å². The van der Waals surface area contributed by atoms with Crippen molar-refractivity contribution in [3.8, 4) is 0 Å². The predicted octanol–water partition coefficient (Wildman–Crippen LogP) is 2.97. The zero-order chi connectivity index (χ0) is 14.0. The fourth-order valence-corrected chi connectivity index (χ4v) is 1.92. The smallest absolute Gasteiger partial charge is 0.126 e. The van der Waals surface area contributed by atoms with Gasteiger partial charge in [-0.2, -0.15) is 0 Å². The topological polar surface area (TPSA) is 38.0 Å². The zero-order valence-electron chi connectivity index (χ0n) is 10.3. The third kappa shape index (κ3) is 2.94. The van der Waals surface area contributed by atoms with Crippen molar-refractivity contribution in [3.05, 3.63) is 70.5 Å². The quantitative estimate of drug-likeness (QED) is 0.662. The Morgan fingerprint density at radius 3 is 2.11 bits per heavy atom. The number of benzene rings is 2. The minimum absolute atomic E-state index is 0.295. The van der Waals surface area contributed by atoms with E-state index < -0.39 is 23.5 Å². The van der Waals surface area contributed by atoms with Gasteiger partial charge in [-0.1, -0.05) is 12.1 Å². The highest BCUT2D eigenvalue weighted by molar-refractivity contribution is 5.34. The third-order valence-corrected chi connectivity index (χ3v) is 2.91. The van der Waals surface area contributed by atoms with E-state index in [1.54, 1.807) is 19.1 Å². The maximum atomic E-state index is 13.5. The summed E-state index contributed by atoms with van der Waals surface area (Å²) >= 11 is 0. The molecular weight excluding hydrogens is 253 g/mol. The molecule has 0 heterocycles. The van der Waals surface area contributed by atoms with Crippen molar-refractivity contribution in [2.45, 2.75) is 13.0 Å². The van der Waals surface area contributed by atoms with Gasteiger partial charge in [0.2, 0.25) is 0 Å². The summed E-state index contributed by atoms with van der Waals surface area (Å²) in [5, 5.41) is 0. The summed E-state index contributed by atoms with van der Waals surface area (Å²) in [7, 11) is 0. The minimum Gasteiger partial charge on any atom is -0.271 e. The molecule has 0 saturated heterocycles. The van der Waals surface area contributed by atoms with E-state index in [2.05, 4.69) is 5.43 Å². The van der Waals surface area contributed by atoms with Crippen LogP contribution in [0.3, 0.4) is 0 Å². The Balaban J connectivity index is 2.46. The van der Waals surface area contributed by atoms with E-state index in [9.17, 15) is 13.2 Å². The molecule has 0 aliphatic rings. The molecule has 0 aliphatic heterocycles. The second-order valence-corrected chi connectivity index (χ2v) is 4.31. The molecule has 100 valence electrons. The SMILES string of the molecule is Cc1ccc(C(NN)c2cc(F)cc(F)c2)cc1F. The first-order valence-electron chi connectivity index (χ1n) is 5.69. The molecule has 0 radical (unpaired) electrons. The number of nitrogens with one attached hydrogen (secondary N) is 1. The van der Waals surface area contributed by atoms with Crippen LogP contribution in [0.25, 0.3) is 0 Å². The van der Waals surface area contributed by atoms with Gasteiger partial charge in [0.15, 0.2) is 0 Å². The van der Waals surface area contributed by atoms with Crippen molar-refractivity contribution in [2.75, 3.05) is 0 Å². The maximum Gasteiger partial charge on any atom is 0.126 e. The number of hydrazine groups is 1. The van der Waals surface area contributed by atoms with Crippen LogP contribution in [0.2, 0.25) is 0 Å². The van der Waals surface area contributed by atoms with Gasteiger partial charge in [0.1, 0.15) is 17.5 Å². The van der Waals surface area contributed by atoms with Crippen LogP contribution < -0.4 is 11.3 Å². The van der Waals surface area contributed by atoms with E-state index in [-0.39, 0.29) is 0 Å². The van der Waals surface area contributed by atoms with Crippen molar-refractivity contribution >= 4 is 0 Å². The van der Waals surface area contributed by atoms with Crippen molar-refractivity contribution in [3.63, 3.8) is 0 Å². The van der Waals surface area contributed by atoms with Crippen LogP contribution in [0.5, 0.6) is 0 Å². The van der Waals surface area contributed by atoms with Gasteiger partial charge in [-0.3, -0.25) is 5.84 Å². The average molecular weight is 266 g/mol. The fourth-order valence-electron chi connectivity index (χ4n) is 1.92. The van der Waals surface area contributed by atoms with E-state index >= 15 is 0 Å². The Bertz CT molecular complexity index is 579. The third-order valence-electron chi connectivity index (χ3n) is 2.91. The Morgan fingerprint density at radius 1 is 0.947 bits per heavy atom. The van der Waals surface area contributed by atoms with E-state index in [0.29, 0.717) is 16.7 Å². The lowest BCUT2D eigenvalue weighted by atomic mass is 9.98. The summed E-state index contributed by atoms with van der Waals surface area (Å²) in [5.41, 5.74) is 3.72. The highest BCUT2D eigenvalue weighted by atomic mass is 19.1. The molecule has 3 N–H and O–H groups in total. The Labute approximate surface area is 109 Å². The van der Waals surface area contributed by atoms with Crippen molar-refractivity contribution in [1.82, 2.24) is 5.43 Å². The van der Waals surface area contributed by atoms with Crippen molar-refractivity contribution in [1.29, 1.82) is 0 Å². The second kappa shape index (κ2) is 5.42. The maximum absolute atomic E-state index is 13.5. The van der Waals surface area contributed by atoms with Gasteiger partial charge in [-0.05, 0) is 41.8 Å². The standard InChI is InChI=1S/C14H13F3N2/c1-8-2-3-9(6-13(8)17)14(19-18)10-4-11(15)7-12(16)5-10/h2-7,14,19H,18H2,1H3. The van der Waals surface area contributed by atoms with Gasteiger partial charge in [0, 0.05) is 6.07 Å². The molecule has 0 fully saturated rings. The molecule has 0 aliphatic carbocycles. The van der Waals surface area contributed by atoms with Crippen molar-refractivity contribution < 1.29 is 13.2 Å². The normalized spacial score (nSPS) is 12.5. The Hall–Kier alpha value is -1.85. The molecule has 19 heavy (non-hydrogen) atoms. The first kappa shape index (κ1) is 13.6. The van der Waals surface area contributed by atoms with E-state index in [0.717, 1.165) is 18.2 Å². The first-order chi connectivity index (χ1) is 9.01. The largest absolute Gasteiger partial charge is 0.271 e. The van der Waals surface area contributed by atoms with Crippen LogP contribution in [0.15, 0.2) is 36.4 Å². The van der Waals surface area contributed by atoms with Crippen molar-refractivity contribution in [2.24, 2.45) is 5.84 Å². The molecular formula is C14H13F3N2. The van der Waals surface area contributed by atoms with E-state index in [1.165, 1.54) is 6.07 Å². The number of halogens is 3. The van der Waals surface area contributed by atoms with Gasteiger partial charge < -0.3 is 0 Å². The van der Waals surface area contributed by atoms with Crippen LogP contribution >= 0.6 is 0 Å². The summed E-state index contributed by atoms with van der Waals surface area (Å²) in [5.74, 6) is 3.60. The number of nitrogens with two attached hydrogens (primary N) is 1. The number of aryl methyl sites for hydroxylation is 1. The summed E-state index contributed by atoms with van der Waals surface area (Å²) in [6.45, 7) is 1.63. The molecule has 2 aromatic carbocycles. The highest BCUT2D eigenvalue weighted by Crippen LogP contribution is 2.24. The monoisotopic (exact) mass is 266 g/mol. The highest BCUT2D eigenvalue weighted by Gasteiger charge is 2.15. The molecule has 0 aromatic heterocycles. The minimum atomic E-state index is -0.706. The van der Waals surface area contributed by atoms with Crippen LogP contribution in [0.4, 0.5) is 13.2 Å². The molecule has 1 unspecified atom stereocenters. The van der Waals surface area contributed by atoms with E-state index in [4.69, 9.17) is 5.84 Å². The molecule has 0 saturated carbocycles. The summed E-state index contributed by atoms with van der Waals surface area (Å²) in [6.07, 6.45) is 0. The van der Waals surface area contributed by atoms with Gasteiger partial charge in [0.25, 0.3) is 0 Å². The molecule has 5 heteroatoms. The Kier molecular flexibility index (Phi) is 3.87. The van der Waals surface area contributed by atoms with Gasteiger partial charge in [-0.25, -0.2) is 18.6 Å². The molecule has 2 nitrogen and oxygen atoms in total. The zero-order valence-corrected chi connectivity index (χ0v) is 10.3. The lowest BCUT2D eigenvalue weighted by molar-refractivity contribution is 0.563. The molecule has 0 amide bonds. The average Bonchev–Trinajstić information content (AvgIpc) is 2.33. The Morgan fingerprint density at radius 2 is 1.58 bits per heavy atom. The molecule has 2 rings (SSSR count). The summed E-state index contributed by atoms with van der Waals surface area (Å²) in [4.78, 5) is 0. The lowest BCUT2D eigenvalue weighted by Gasteiger charge is -2.17. The van der Waals surface area contributed by atoms with Gasteiger partial charge >= 0.3 is 0 Å². The number of hydrogen-bond donors (Lipinski definition) is 2. The molecule has 0 bridgehead atoms. The number of hydrogen-bond acceptors (Lipinski definition) is 2. The van der Waals surface area contributed by atoms with Gasteiger partial charge in [-0.15, -0.1) is 0 Å². The summed E-state index contributed by atoms with van der Waals surface area (Å²) in [6, 6.07) is 6.95. The van der Waals surface area contributed by atoms with Crippen LogP contribution in [0.1, 0.15) is 22.7 Å². The van der Waals surface area contributed by atoms with Gasteiger partial charge in [0.05, 0.1) is 6.04 Å². The van der Waals surface area contributed by atoms with Crippen LogP contribution in [0, 0.1) is 24.4 Å². The van der Waals surface area contributed by atoms with E-state index in [1.807, 2.05) is 0 Å².